The first kappa shape index (κ1) is 8.00. The van der Waals surface area contributed by atoms with Gasteiger partial charge in [-0.05, 0) is 0 Å². The van der Waals surface area contributed by atoms with Gasteiger partial charge in [-0.15, -0.1) is 0 Å². The van der Waals surface area contributed by atoms with Gasteiger partial charge in [0.05, 0.1) is 0 Å². The van der Waals surface area contributed by atoms with E-state index in [2.05, 4.69) is 52.7 Å². The molecule has 0 fully saturated rings. The third kappa shape index (κ3) is 1.49. The van der Waals surface area contributed by atoms with E-state index in [9.17, 15) is 0 Å². The molecule has 0 aromatic rings. The Labute approximate surface area is 70.1 Å². The normalized spacial score (nSPS) is 21.3. The summed E-state index contributed by atoms with van der Waals surface area (Å²) in [6, 6.07) is 0. The van der Waals surface area contributed by atoms with Gasteiger partial charge < -0.3 is 0 Å². The van der Waals surface area contributed by atoms with Crippen molar-refractivity contribution in [3.05, 3.63) is 11.8 Å². The molecule has 0 bridgehead atoms. The summed E-state index contributed by atoms with van der Waals surface area (Å²) in [6.45, 7) is 3.09. The first-order valence-corrected chi connectivity index (χ1v) is 3.89. The molecule has 1 aliphatic rings. The molecule has 1 heterocycles. The monoisotopic (exact) mass is 176 g/mol. The fourth-order valence-corrected chi connectivity index (χ4v) is 1.25. The molecule has 0 N–H and O–H groups in total. The van der Waals surface area contributed by atoms with Gasteiger partial charge in [0.2, 0.25) is 0 Å². The quantitative estimate of drug-likeness (QED) is 0.527. The Kier molecular flexibility index (Phi) is 2.30. The van der Waals surface area contributed by atoms with Crippen LogP contribution in [0.2, 0.25) is 0 Å². The van der Waals surface area contributed by atoms with Crippen LogP contribution in [0.25, 0.3) is 0 Å². The van der Waals surface area contributed by atoms with E-state index in [1.54, 1.807) is 0 Å². The third-order valence-corrected chi connectivity index (χ3v) is 2.41. The average Bonchev–Trinajstić information content (AvgIpc) is 1.84. The van der Waals surface area contributed by atoms with Crippen molar-refractivity contribution in [2.45, 2.75) is 6.92 Å². The molecule has 0 radical (unpaired) electrons. The van der Waals surface area contributed by atoms with Crippen LogP contribution in [-0.2, 0) is 15.9 Å². The van der Waals surface area contributed by atoms with Crippen LogP contribution in [0.1, 0.15) is 6.92 Å². The van der Waals surface area contributed by atoms with E-state index >= 15 is 0 Å². The first-order chi connectivity index (χ1) is 4.61. The predicted octanol–water partition coefficient (Wildman–Crippen LogP) is 0.402. The van der Waals surface area contributed by atoms with E-state index in [1.165, 1.54) is 10.2 Å². The Morgan fingerprint density at radius 1 is 1.40 bits per heavy atom. The van der Waals surface area contributed by atoms with Crippen molar-refractivity contribution < 1.29 is 15.9 Å². The molecular weight excluding hydrogens is 164 g/mol. The van der Waals surface area contributed by atoms with Crippen LogP contribution in [0, 0.1) is 0 Å². The predicted molar refractivity (Wildman–Crippen MR) is 39.2 cm³/mol. The van der Waals surface area contributed by atoms with E-state index in [1.807, 2.05) is 0 Å². The van der Waals surface area contributed by atoms with E-state index in [-0.39, 0.29) is 0 Å². The van der Waals surface area contributed by atoms with Gasteiger partial charge in [-0.1, -0.05) is 0 Å². The zero-order valence-electron chi connectivity index (χ0n) is 6.59. The van der Waals surface area contributed by atoms with Crippen molar-refractivity contribution in [2.24, 2.45) is 0 Å². The van der Waals surface area contributed by atoms with Crippen LogP contribution in [0.3, 0.4) is 0 Å². The van der Waals surface area contributed by atoms with Crippen molar-refractivity contribution in [1.82, 2.24) is 9.80 Å². The number of allylic oxidation sites excluding steroid dienone is 1. The minimum atomic E-state index is 0.977. The van der Waals surface area contributed by atoms with Crippen LogP contribution in [0.5, 0.6) is 0 Å². The fraction of sp³-hybridized carbons (Fsp3) is 0.571. The molecule has 3 heteroatoms. The Balaban J connectivity index is 2.79. The molecular formula is C7H12CrN2. The molecule has 0 atom stereocenters. The molecule has 0 spiro atoms. The second kappa shape index (κ2) is 2.88. The molecule has 0 aromatic carbocycles. The van der Waals surface area contributed by atoms with Gasteiger partial charge in [0, 0.05) is 0 Å². The summed E-state index contributed by atoms with van der Waals surface area (Å²) >= 11 is 3.02. The first-order valence-electron chi connectivity index (χ1n) is 3.26. The summed E-state index contributed by atoms with van der Waals surface area (Å²) in [7, 11) is 4.17. The second-order valence-corrected chi connectivity index (χ2v) is 3.31. The molecule has 0 aromatic heterocycles. The fourth-order valence-electron chi connectivity index (χ4n) is 0.899. The third-order valence-electron chi connectivity index (χ3n) is 1.73. The Morgan fingerprint density at radius 3 is 2.50 bits per heavy atom. The Hall–Kier alpha value is -0.0975. The maximum atomic E-state index is 3.02. The zero-order valence-corrected chi connectivity index (χ0v) is 7.86. The van der Waals surface area contributed by atoms with Crippen molar-refractivity contribution in [1.29, 1.82) is 0 Å². The summed E-state index contributed by atoms with van der Waals surface area (Å²) in [5.41, 5.74) is 1.31. The van der Waals surface area contributed by atoms with Gasteiger partial charge in [0.1, 0.15) is 0 Å². The molecule has 2 nitrogen and oxygen atoms in total. The van der Waals surface area contributed by atoms with Crippen LogP contribution in [-0.4, -0.2) is 35.1 Å². The second-order valence-electron chi connectivity index (χ2n) is 2.66. The molecule has 0 amide bonds. The molecule has 56 valence electrons. The van der Waals surface area contributed by atoms with Crippen molar-refractivity contribution >= 4 is 4.50 Å². The van der Waals surface area contributed by atoms with Gasteiger partial charge in [0.15, 0.2) is 0 Å². The van der Waals surface area contributed by atoms with Gasteiger partial charge >= 0.3 is 69.6 Å². The van der Waals surface area contributed by atoms with Gasteiger partial charge in [-0.3, -0.25) is 0 Å². The molecule has 1 aliphatic heterocycles. The maximum absolute atomic E-state index is 3.02. The number of nitrogens with zero attached hydrogens (tertiary/aromatic N) is 2. The number of hydrogen-bond acceptors (Lipinski definition) is 2. The molecule has 0 aliphatic carbocycles. The topological polar surface area (TPSA) is 6.48 Å². The van der Waals surface area contributed by atoms with Gasteiger partial charge in [-0.2, -0.15) is 0 Å². The average molecular weight is 176 g/mol. The SMILES string of the molecule is CC1=C[C](=[Cr])N(C)CN1C. The van der Waals surface area contributed by atoms with Gasteiger partial charge in [-0.25, -0.2) is 0 Å². The summed E-state index contributed by atoms with van der Waals surface area (Å²) < 4.78 is 1.22. The summed E-state index contributed by atoms with van der Waals surface area (Å²) in [4.78, 5) is 4.38. The van der Waals surface area contributed by atoms with Crippen LogP contribution >= 0.6 is 0 Å². The zero-order chi connectivity index (χ0) is 7.72. The molecule has 1 rings (SSSR count). The minimum absolute atomic E-state index is 0.977. The van der Waals surface area contributed by atoms with Crippen molar-refractivity contribution in [3.8, 4) is 0 Å². The summed E-state index contributed by atoms with van der Waals surface area (Å²) in [6.07, 6.45) is 2.14. The van der Waals surface area contributed by atoms with Crippen molar-refractivity contribution in [2.75, 3.05) is 20.8 Å². The number of rotatable bonds is 0. The molecule has 0 unspecified atom stereocenters. The van der Waals surface area contributed by atoms with Gasteiger partial charge in [0.25, 0.3) is 0 Å². The van der Waals surface area contributed by atoms with Crippen LogP contribution in [0.15, 0.2) is 11.8 Å². The summed E-state index contributed by atoms with van der Waals surface area (Å²) in [5.74, 6) is 0. The summed E-state index contributed by atoms with van der Waals surface area (Å²) in [5, 5.41) is 0. The molecule has 10 heavy (non-hydrogen) atoms. The van der Waals surface area contributed by atoms with E-state index in [0.29, 0.717) is 0 Å². The van der Waals surface area contributed by atoms with E-state index in [0.717, 1.165) is 6.67 Å². The number of likely N-dealkylation sites (N-methyl/N-ethyl adjacent to an activating group) is 1. The standard InChI is InChI=1S/C7H12N2.Cr/c1-7-4-5-8(2)6-9(7)3;/h4H,6H2,1-3H3;. The van der Waals surface area contributed by atoms with Crippen LogP contribution in [0.4, 0.5) is 0 Å². The van der Waals surface area contributed by atoms with E-state index in [4.69, 9.17) is 0 Å². The molecule has 0 saturated heterocycles. The van der Waals surface area contributed by atoms with Crippen LogP contribution < -0.4 is 0 Å². The Bertz CT molecular complexity index is 186. The Morgan fingerprint density at radius 2 is 2.00 bits per heavy atom. The number of hydrogen-bond donors (Lipinski definition) is 0. The molecule has 0 saturated carbocycles. The van der Waals surface area contributed by atoms with E-state index < -0.39 is 0 Å². The van der Waals surface area contributed by atoms with Crippen molar-refractivity contribution in [3.63, 3.8) is 0 Å².